The number of fused-ring (bicyclic) bond motifs is 3. The molecule has 0 bridgehead atoms. The first kappa shape index (κ1) is 12.6. The second-order valence-electron chi connectivity index (χ2n) is 4.80. The molecule has 0 aliphatic carbocycles. The van der Waals surface area contributed by atoms with Gasteiger partial charge in [0, 0.05) is 16.6 Å². The van der Waals surface area contributed by atoms with Gasteiger partial charge >= 0.3 is 0 Å². The zero-order valence-electron chi connectivity index (χ0n) is 10.9. The summed E-state index contributed by atoms with van der Waals surface area (Å²) < 4.78 is 2.45. The molecular weight excluding hydrogens is 302 g/mol. The quantitative estimate of drug-likeness (QED) is 0.509. The van der Waals surface area contributed by atoms with Crippen LogP contribution in [-0.2, 0) is 0 Å². The van der Waals surface area contributed by atoms with E-state index in [0.29, 0.717) is 4.77 Å². The van der Waals surface area contributed by atoms with Crippen LogP contribution in [0.1, 0.15) is 0 Å². The van der Waals surface area contributed by atoms with Crippen LogP contribution in [0.25, 0.3) is 27.8 Å². The highest BCUT2D eigenvalue weighted by molar-refractivity contribution is 7.71. The van der Waals surface area contributed by atoms with E-state index in [0.717, 1.165) is 32.8 Å². The molecule has 0 aliphatic rings. The van der Waals surface area contributed by atoms with Crippen LogP contribution >= 0.6 is 23.8 Å². The lowest BCUT2D eigenvalue weighted by Crippen LogP contribution is -1.91. The third-order valence-corrected chi connectivity index (χ3v) is 4.03. The Hall–Kier alpha value is -2.17. The number of H-pyrrole nitrogens is 1. The van der Waals surface area contributed by atoms with Gasteiger partial charge in [-0.05, 0) is 42.0 Å². The molecule has 0 unspecified atom stereocenters. The standard InChI is InChI=1S/C16H10ClN3S/c17-11-7-5-10(6-8-11)14-9-20-15(18-14)12-3-1-2-4-13(12)19-16(20)21/h1-9,18H. The van der Waals surface area contributed by atoms with Crippen molar-refractivity contribution in [3.63, 3.8) is 0 Å². The Morgan fingerprint density at radius 3 is 2.62 bits per heavy atom. The SMILES string of the molecule is S=c1nc2ccccc2c2[nH]c(-c3ccc(Cl)cc3)cn12. The zero-order chi connectivity index (χ0) is 14.4. The molecule has 0 aliphatic heterocycles. The first-order valence-electron chi connectivity index (χ1n) is 6.48. The number of para-hydroxylation sites is 1. The summed E-state index contributed by atoms with van der Waals surface area (Å²) in [5.74, 6) is 0. The van der Waals surface area contributed by atoms with E-state index in [9.17, 15) is 0 Å². The van der Waals surface area contributed by atoms with Gasteiger partial charge in [0.1, 0.15) is 5.65 Å². The molecule has 0 radical (unpaired) electrons. The van der Waals surface area contributed by atoms with Gasteiger partial charge in [0.25, 0.3) is 0 Å². The molecule has 0 saturated heterocycles. The molecule has 3 nitrogen and oxygen atoms in total. The van der Waals surface area contributed by atoms with Crippen molar-refractivity contribution in [2.45, 2.75) is 0 Å². The van der Waals surface area contributed by atoms with Gasteiger partial charge in [-0.15, -0.1) is 0 Å². The van der Waals surface area contributed by atoms with E-state index in [2.05, 4.69) is 9.97 Å². The van der Waals surface area contributed by atoms with Gasteiger partial charge in [-0.2, -0.15) is 0 Å². The molecule has 2 aromatic heterocycles. The van der Waals surface area contributed by atoms with Crippen LogP contribution < -0.4 is 0 Å². The number of benzene rings is 2. The fraction of sp³-hybridized carbons (Fsp3) is 0. The first-order valence-corrected chi connectivity index (χ1v) is 7.27. The Labute approximate surface area is 130 Å². The molecule has 0 amide bonds. The topological polar surface area (TPSA) is 33.1 Å². The lowest BCUT2D eigenvalue weighted by molar-refractivity contribution is 1.09. The number of imidazole rings is 1. The van der Waals surface area contributed by atoms with Gasteiger partial charge in [0.05, 0.1) is 11.2 Å². The Morgan fingerprint density at radius 2 is 1.81 bits per heavy atom. The van der Waals surface area contributed by atoms with Crippen molar-refractivity contribution in [1.82, 2.24) is 14.4 Å². The summed E-state index contributed by atoms with van der Waals surface area (Å²) in [6.45, 7) is 0. The number of halogens is 1. The van der Waals surface area contributed by atoms with Gasteiger partial charge in [-0.1, -0.05) is 35.9 Å². The summed E-state index contributed by atoms with van der Waals surface area (Å²) in [6, 6.07) is 15.7. The molecule has 4 rings (SSSR count). The minimum atomic E-state index is 0.542. The molecule has 2 heterocycles. The Morgan fingerprint density at radius 1 is 1.05 bits per heavy atom. The zero-order valence-corrected chi connectivity index (χ0v) is 12.4. The van der Waals surface area contributed by atoms with E-state index < -0.39 is 0 Å². The maximum Gasteiger partial charge on any atom is 0.205 e. The van der Waals surface area contributed by atoms with Gasteiger partial charge in [-0.25, -0.2) is 4.98 Å². The molecule has 1 N–H and O–H groups in total. The van der Waals surface area contributed by atoms with Gasteiger partial charge in [0.2, 0.25) is 4.77 Å². The Balaban J connectivity index is 2.05. The van der Waals surface area contributed by atoms with Crippen LogP contribution in [0, 0.1) is 4.77 Å². The van der Waals surface area contributed by atoms with Crippen molar-refractivity contribution in [1.29, 1.82) is 0 Å². The molecule has 4 aromatic rings. The lowest BCUT2D eigenvalue weighted by atomic mass is 10.2. The largest absolute Gasteiger partial charge is 0.339 e. The minimum absolute atomic E-state index is 0.542. The molecule has 0 saturated carbocycles. The predicted octanol–water partition coefficient (Wildman–Crippen LogP) is 4.87. The summed E-state index contributed by atoms with van der Waals surface area (Å²) in [7, 11) is 0. The summed E-state index contributed by atoms with van der Waals surface area (Å²) in [5.41, 5.74) is 3.89. The minimum Gasteiger partial charge on any atom is -0.339 e. The summed E-state index contributed by atoms with van der Waals surface area (Å²) in [4.78, 5) is 7.89. The summed E-state index contributed by atoms with van der Waals surface area (Å²) in [5, 5.41) is 1.77. The maximum atomic E-state index is 5.94. The second kappa shape index (κ2) is 4.69. The van der Waals surface area contributed by atoms with E-state index >= 15 is 0 Å². The Bertz CT molecular complexity index is 1020. The highest BCUT2D eigenvalue weighted by Gasteiger charge is 2.08. The molecule has 2 aromatic carbocycles. The molecule has 102 valence electrons. The molecule has 21 heavy (non-hydrogen) atoms. The van der Waals surface area contributed by atoms with Crippen molar-refractivity contribution in [3.8, 4) is 11.3 Å². The third-order valence-electron chi connectivity index (χ3n) is 3.49. The molecule has 0 spiro atoms. The molecular formula is C16H10ClN3S. The number of hydrogen-bond acceptors (Lipinski definition) is 2. The fourth-order valence-electron chi connectivity index (χ4n) is 2.47. The van der Waals surface area contributed by atoms with Crippen LogP contribution in [0.15, 0.2) is 54.7 Å². The highest BCUT2D eigenvalue weighted by atomic mass is 35.5. The van der Waals surface area contributed by atoms with Crippen molar-refractivity contribution < 1.29 is 0 Å². The normalized spacial score (nSPS) is 11.3. The smallest absolute Gasteiger partial charge is 0.205 e. The first-order chi connectivity index (χ1) is 10.2. The van der Waals surface area contributed by atoms with E-state index in [1.165, 1.54) is 0 Å². The predicted molar refractivity (Wildman–Crippen MR) is 88.3 cm³/mol. The van der Waals surface area contributed by atoms with Crippen LogP contribution in [-0.4, -0.2) is 14.4 Å². The number of aromatic nitrogens is 3. The van der Waals surface area contributed by atoms with Crippen molar-refractivity contribution >= 4 is 40.4 Å². The fourth-order valence-corrected chi connectivity index (χ4v) is 2.83. The van der Waals surface area contributed by atoms with Gasteiger partial charge in [0.15, 0.2) is 0 Å². The Kier molecular flexibility index (Phi) is 2.80. The summed E-state index contributed by atoms with van der Waals surface area (Å²) in [6.07, 6.45) is 1.97. The van der Waals surface area contributed by atoms with Crippen LogP contribution in [0.2, 0.25) is 5.02 Å². The molecule has 5 heteroatoms. The van der Waals surface area contributed by atoms with E-state index in [1.807, 2.05) is 59.1 Å². The molecule has 0 atom stereocenters. The van der Waals surface area contributed by atoms with Gasteiger partial charge < -0.3 is 4.98 Å². The van der Waals surface area contributed by atoms with Gasteiger partial charge in [-0.3, -0.25) is 4.40 Å². The van der Waals surface area contributed by atoms with E-state index in [4.69, 9.17) is 23.8 Å². The number of nitrogens with one attached hydrogen (secondary N) is 1. The van der Waals surface area contributed by atoms with Crippen molar-refractivity contribution in [2.75, 3.05) is 0 Å². The average Bonchev–Trinajstić information content (AvgIpc) is 2.94. The number of aromatic amines is 1. The molecule has 0 fully saturated rings. The van der Waals surface area contributed by atoms with Crippen molar-refractivity contribution in [2.24, 2.45) is 0 Å². The van der Waals surface area contributed by atoms with E-state index in [1.54, 1.807) is 0 Å². The maximum absolute atomic E-state index is 5.94. The lowest BCUT2D eigenvalue weighted by Gasteiger charge is -1.99. The van der Waals surface area contributed by atoms with Crippen molar-refractivity contribution in [3.05, 3.63) is 64.5 Å². The average molecular weight is 312 g/mol. The van der Waals surface area contributed by atoms with Crippen LogP contribution in [0.3, 0.4) is 0 Å². The summed E-state index contributed by atoms with van der Waals surface area (Å²) >= 11 is 11.3. The number of rotatable bonds is 1. The highest BCUT2D eigenvalue weighted by Crippen LogP contribution is 2.24. The number of nitrogens with zero attached hydrogens (tertiary/aromatic N) is 2. The van der Waals surface area contributed by atoms with Crippen LogP contribution in [0.4, 0.5) is 0 Å². The second-order valence-corrected chi connectivity index (χ2v) is 5.61. The third kappa shape index (κ3) is 2.04. The van der Waals surface area contributed by atoms with Crippen LogP contribution in [0.5, 0.6) is 0 Å². The van der Waals surface area contributed by atoms with E-state index in [-0.39, 0.29) is 0 Å². The monoisotopic (exact) mass is 311 g/mol. The number of hydrogen-bond donors (Lipinski definition) is 1.